The molecule has 1 N–H and O–H groups in total. The molecule has 3 rings (SSSR count). The Morgan fingerprint density at radius 3 is 2.43 bits per heavy atom. The Bertz CT molecular complexity index is 938. The van der Waals surface area contributed by atoms with Gasteiger partial charge in [-0.2, -0.15) is 0 Å². The van der Waals surface area contributed by atoms with Crippen LogP contribution in [0.25, 0.3) is 0 Å². The topological polar surface area (TPSA) is 66.5 Å². The van der Waals surface area contributed by atoms with Gasteiger partial charge in [0, 0.05) is 18.8 Å². The molecule has 0 spiro atoms. The molecule has 1 amide bonds. The quantitative estimate of drug-likeness (QED) is 0.828. The van der Waals surface area contributed by atoms with E-state index in [0.717, 1.165) is 16.8 Å². The molecule has 2 aromatic carbocycles. The van der Waals surface area contributed by atoms with Gasteiger partial charge in [-0.1, -0.05) is 30.3 Å². The highest BCUT2D eigenvalue weighted by atomic mass is 32.2. The third-order valence-electron chi connectivity index (χ3n) is 5.14. The van der Waals surface area contributed by atoms with Gasteiger partial charge in [-0.25, -0.2) is 17.1 Å². The summed E-state index contributed by atoms with van der Waals surface area (Å²) in [7, 11) is -3.57. The van der Waals surface area contributed by atoms with E-state index in [2.05, 4.69) is 5.32 Å². The van der Waals surface area contributed by atoms with Gasteiger partial charge in [0.05, 0.1) is 11.7 Å². The summed E-state index contributed by atoms with van der Waals surface area (Å²) >= 11 is 0. The van der Waals surface area contributed by atoms with E-state index in [1.165, 1.54) is 28.6 Å². The molecule has 0 radical (unpaired) electrons. The van der Waals surface area contributed by atoms with E-state index in [1.54, 1.807) is 0 Å². The number of anilines is 1. The minimum atomic E-state index is -3.57. The number of benzene rings is 2. The standard InChI is InChI=1S/C21H25FN2O3S/c1-15-5-3-6-16(2)20(15)23-21(25)18-7-4-12-24(13-18)28(26,27)14-17-8-10-19(22)11-9-17/h3,5-6,8-11,18H,4,7,12-14H2,1-2H3,(H,23,25)/t18-/m0/s1. The Balaban J connectivity index is 1.69. The first-order chi connectivity index (χ1) is 13.3. The van der Waals surface area contributed by atoms with E-state index in [1.807, 2.05) is 32.0 Å². The molecule has 0 aliphatic carbocycles. The predicted octanol–water partition coefficient (Wildman–Crippen LogP) is 3.62. The normalized spacial score (nSPS) is 18.0. The molecule has 1 fully saturated rings. The lowest BCUT2D eigenvalue weighted by Crippen LogP contribution is -2.44. The fraction of sp³-hybridized carbons (Fsp3) is 0.381. The smallest absolute Gasteiger partial charge is 0.228 e. The number of carbonyl (C=O) groups excluding carboxylic acids is 1. The molecular weight excluding hydrogens is 379 g/mol. The van der Waals surface area contributed by atoms with E-state index in [4.69, 9.17) is 0 Å². The monoisotopic (exact) mass is 404 g/mol. The Kier molecular flexibility index (Phi) is 6.15. The second-order valence-electron chi connectivity index (χ2n) is 7.34. The first-order valence-electron chi connectivity index (χ1n) is 9.35. The number of sulfonamides is 1. The maximum Gasteiger partial charge on any atom is 0.228 e. The summed E-state index contributed by atoms with van der Waals surface area (Å²) in [5.41, 5.74) is 3.28. The molecule has 2 aromatic rings. The van der Waals surface area contributed by atoms with Crippen molar-refractivity contribution in [2.75, 3.05) is 18.4 Å². The number of hydrogen-bond donors (Lipinski definition) is 1. The number of piperidine rings is 1. The molecule has 28 heavy (non-hydrogen) atoms. The molecular formula is C21H25FN2O3S. The molecule has 1 heterocycles. The van der Waals surface area contributed by atoms with Crippen molar-refractivity contribution < 1.29 is 17.6 Å². The summed E-state index contributed by atoms with van der Waals surface area (Å²) in [5, 5.41) is 2.97. The summed E-state index contributed by atoms with van der Waals surface area (Å²) < 4.78 is 40.0. The minimum Gasteiger partial charge on any atom is -0.325 e. The molecule has 0 saturated carbocycles. The third kappa shape index (κ3) is 4.77. The van der Waals surface area contributed by atoms with Crippen LogP contribution in [0.1, 0.15) is 29.5 Å². The van der Waals surface area contributed by atoms with Gasteiger partial charge in [-0.15, -0.1) is 0 Å². The van der Waals surface area contributed by atoms with Gasteiger partial charge in [0.15, 0.2) is 0 Å². The van der Waals surface area contributed by atoms with E-state index in [0.29, 0.717) is 24.9 Å². The van der Waals surface area contributed by atoms with E-state index in [9.17, 15) is 17.6 Å². The van der Waals surface area contributed by atoms with Crippen molar-refractivity contribution in [3.05, 3.63) is 65.0 Å². The van der Waals surface area contributed by atoms with Gasteiger partial charge in [-0.05, 0) is 55.5 Å². The molecule has 1 saturated heterocycles. The number of nitrogens with one attached hydrogen (secondary N) is 1. The lowest BCUT2D eigenvalue weighted by Gasteiger charge is -2.31. The number of amides is 1. The number of hydrogen-bond acceptors (Lipinski definition) is 3. The summed E-state index contributed by atoms with van der Waals surface area (Å²) in [6.07, 6.45) is 1.28. The van der Waals surface area contributed by atoms with E-state index >= 15 is 0 Å². The lowest BCUT2D eigenvalue weighted by molar-refractivity contribution is -0.120. The molecule has 1 aliphatic heterocycles. The van der Waals surface area contributed by atoms with Crippen LogP contribution >= 0.6 is 0 Å². The molecule has 0 unspecified atom stereocenters. The summed E-state index contributed by atoms with van der Waals surface area (Å²) in [5.74, 6) is -1.14. The fourth-order valence-electron chi connectivity index (χ4n) is 3.53. The highest BCUT2D eigenvalue weighted by molar-refractivity contribution is 7.88. The minimum absolute atomic E-state index is 0.154. The van der Waals surface area contributed by atoms with Crippen molar-refractivity contribution in [1.82, 2.24) is 4.31 Å². The fourth-order valence-corrected chi connectivity index (χ4v) is 5.14. The van der Waals surface area contributed by atoms with Crippen LogP contribution in [-0.4, -0.2) is 31.7 Å². The average Bonchev–Trinajstić information content (AvgIpc) is 2.66. The molecule has 7 heteroatoms. The van der Waals surface area contributed by atoms with Crippen LogP contribution in [0.2, 0.25) is 0 Å². The second-order valence-corrected chi connectivity index (χ2v) is 9.30. The summed E-state index contributed by atoms with van der Waals surface area (Å²) in [6.45, 7) is 4.43. The maximum absolute atomic E-state index is 13.0. The molecule has 0 bridgehead atoms. The van der Waals surface area contributed by atoms with Crippen molar-refractivity contribution in [2.45, 2.75) is 32.4 Å². The molecule has 1 atom stereocenters. The molecule has 0 aromatic heterocycles. The highest BCUT2D eigenvalue weighted by Gasteiger charge is 2.32. The highest BCUT2D eigenvalue weighted by Crippen LogP contribution is 2.25. The van der Waals surface area contributed by atoms with E-state index in [-0.39, 0.29) is 18.2 Å². The van der Waals surface area contributed by atoms with E-state index < -0.39 is 21.8 Å². The first-order valence-corrected chi connectivity index (χ1v) is 11.0. The van der Waals surface area contributed by atoms with Crippen LogP contribution in [0.3, 0.4) is 0 Å². The lowest BCUT2D eigenvalue weighted by atomic mass is 9.98. The van der Waals surface area contributed by atoms with Gasteiger partial charge >= 0.3 is 0 Å². The van der Waals surface area contributed by atoms with Gasteiger partial charge in [0.2, 0.25) is 15.9 Å². The zero-order chi connectivity index (χ0) is 20.3. The molecule has 150 valence electrons. The Labute approximate surface area is 165 Å². The number of para-hydroxylation sites is 1. The van der Waals surface area contributed by atoms with Gasteiger partial charge in [-0.3, -0.25) is 4.79 Å². The van der Waals surface area contributed by atoms with Gasteiger partial charge in [0.25, 0.3) is 0 Å². The van der Waals surface area contributed by atoms with Crippen LogP contribution in [0.15, 0.2) is 42.5 Å². The van der Waals surface area contributed by atoms with Gasteiger partial charge in [0.1, 0.15) is 5.82 Å². The zero-order valence-corrected chi connectivity index (χ0v) is 16.9. The largest absolute Gasteiger partial charge is 0.325 e. The first kappa shape index (κ1) is 20.5. The Morgan fingerprint density at radius 1 is 1.14 bits per heavy atom. The van der Waals surface area contributed by atoms with Crippen LogP contribution in [0.5, 0.6) is 0 Å². The maximum atomic E-state index is 13.0. The van der Waals surface area contributed by atoms with Crippen LogP contribution in [0, 0.1) is 25.6 Å². The number of aryl methyl sites for hydroxylation is 2. The number of rotatable bonds is 5. The third-order valence-corrected chi connectivity index (χ3v) is 6.96. The van der Waals surface area contributed by atoms with Crippen molar-refractivity contribution in [1.29, 1.82) is 0 Å². The second kappa shape index (κ2) is 8.41. The molecule has 1 aliphatic rings. The Morgan fingerprint density at radius 2 is 1.79 bits per heavy atom. The number of halogens is 1. The summed E-state index contributed by atoms with van der Waals surface area (Å²) in [4.78, 5) is 12.8. The van der Waals surface area contributed by atoms with Crippen LogP contribution in [0.4, 0.5) is 10.1 Å². The van der Waals surface area contributed by atoms with Gasteiger partial charge < -0.3 is 5.32 Å². The van der Waals surface area contributed by atoms with Crippen molar-refractivity contribution >= 4 is 21.6 Å². The predicted molar refractivity (Wildman–Crippen MR) is 108 cm³/mol. The summed E-state index contributed by atoms with van der Waals surface area (Å²) in [6, 6.07) is 11.3. The van der Waals surface area contributed by atoms with Crippen LogP contribution < -0.4 is 5.32 Å². The average molecular weight is 405 g/mol. The number of nitrogens with zero attached hydrogens (tertiary/aromatic N) is 1. The van der Waals surface area contributed by atoms with Crippen molar-refractivity contribution in [3.8, 4) is 0 Å². The zero-order valence-electron chi connectivity index (χ0n) is 16.1. The number of carbonyl (C=O) groups is 1. The Hall–Kier alpha value is -2.25. The SMILES string of the molecule is Cc1cccc(C)c1NC(=O)[C@H]1CCCN(S(=O)(=O)Cc2ccc(F)cc2)C1. The molecule has 5 nitrogen and oxygen atoms in total. The van der Waals surface area contributed by atoms with Crippen LogP contribution in [-0.2, 0) is 20.6 Å². The van der Waals surface area contributed by atoms with Crippen molar-refractivity contribution in [3.63, 3.8) is 0 Å². The van der Waals surface area contributed by atoms with Crippen molar-refractivity contribution in [2.24, 2.45) is 5.92 Å².